The highest BCUT2D eigenvalue weighted by Gasteiger charge is 2.26. The zero-order chi connectivity index (χ0) is 12.7. The molecule has 3 heteroatoms. The van der Waals surface area contributed by atoms with Gasteiger partial charge in [-0.25, -0.2) is 0 Å². The third-order valence-corrected chi connectivity index (χ3v) is 3.76. The second-order valence-electron chi connectivity index (χ2n) is 5.73. The SMILES string of the molecule is CCCC(C)NC(=O)CNC1(C)CCCCC1. The normalized spacial score (nSPS) is 20.9. The Labute approximate surface area is 106 Å². The van der Waals surface area contributed by atoms with E-state index in [0.29, 0.717) is 12.6 Å². The highest BCUT2D eigenvalue weighted by molar-refractivity contribution is 5.78. The summed E-state index contributed by atoms with van der Waals surface area (Å²) in [6, 6.07) is 0.300. The molecule has 0 aliphatic heterocycles. The molecule has 1 saturated carbocycles. The molecule has 2 N–H and O–H groups in total. The van der Waals surface area contributed by atoms with Gasteiger partial charge in [0.1, 0.15) is 0 Å². The summed E-state index contributed by atoms with van der Waals surface area (Å²) in [6.45, 7) is 6.92. The van der Waals surface area contributed by atoms with Gasteiger partial charge in [0, 0.05) is 11.6 Å². The molecule has 100 valence electrons. The van der Waals surface area contributed by atoms with Crippen LogP contribution in [0.25, 0.3) is 0 Å². The monoisotopic (exact) mass is 240 g/mol. The Morgan fingerprint density at radius 3 is 2.53 bits per heavy atom. The van der Waals surface area contributed by atoms with Crippen molar-refractivity contribution in [3.05, 3.63) is 0 Å². The lowest BCUT2D eigenvalue weighted by Crippen LogP contribution is -2.49. The molecule has 0 radical (unpaired) electrons. The molecular formula is C14H28N2O. The number of hydrogen-bond donors (Lipinski definition) is 2. The quantitative estimate of drug-likeness (QED) is 0.749. The van der Waals surface area contributed by atoms with Crippen molar-refractivity contribution < 1.29 is 4.79 Å². The van der Waals surface area contributed by atoms with Gasteiger partial charge < -0.3 is 10.6 Å². The first-order chi connectivity index (χ1) is 8.06. The van der Waals surface area contributed by atoms with Gasteiger partial charge in [-0.15, -0.1) is 0 Å². The minimum atomic E-state index is 0.137. The largest absolute Gasteiger partial charge is 0.353 e. The maximum absolute atomic E-state index is 11.7. The van der Waals surface area contributed by atoms with Crippen molar-refractivity contribution in [2.75, 3.05) is 6.54 Å². The van der Waals surface area contributed by atoms with Crippen molar-refractivity contribution in [1.29, 1.82) is 0 Å². The van der Waals surface area contributed by atoms with E-state index in [1.54, 1.807) is 0 Å². The standard InChI is InChI=1S/C14H28N2O/c1-4-8-12(2)16-13(17)11-15-14(3)9-6-5-7-10-14/h12,15H,4-11H2,1-3H3,(H,16,17). The lowest BCUT2D eigenvalue weighted by Gasteiger charge is -2.34. The van der Waals surface area contributed by atoms with Crippen LogP contribution in [0.3, 0.4) is 0 Å². The third-order valence-electron chi connectivity index (χ3n) is 3.76. The van der Waals surface area contributed by atoms with Crippen LogP contribution in [-0.2, 0) is 4.79 Å². The van der Waals surface area contributed by atoms with Gasteiger partial charge >= 0.3 is 0 Å². The predicted octanol–water partition coefficient (Wildman–Crippen LogP) is 2.60. The molecule has 0 aromatic heterocycles. The number of nitrogens with one attached hydrogen (secondary N) is 2. The van der Waals surface area contributed by atoms with Crippen LogP contribution in [0, 0.1) is 0 Å². The van der Waals surface area contributed by atoms with Gasteiger partial charge in [0.25, 0.3) is 0 Å². The van der Waals surface area contributed by atoms with E-state index in [1.807, 2.05) is 0 Å². The minimum absolute atomic E-state index is 0.137. The van der Waals surface area contributed by atoms with E-state index in [2.05, 4.69) is 31.4 Å². The fraction of sp³-hybridized carbons (Fsp3) is 0.929. The van der Waals surface area contributed by atoms with E-state index in [-0.39, 0.29) is 11.4 Å². The Hall–Kier alpha value is -0.570. The summed E-state index contributed by atoms with van der Waals surface area (Å²) < 4.78 is 0. The molecule has 0 spiro atoms. The van der Waals surface area contributed by atoms with E-state index in [1.165, 1.54) is 32.1 Å². The molecule has 1 amide bonds. The Bertz CT molecular complexity index is 234. The van der Waals surface area contributed by atoms with Crippen LogP contribution in [0.15, 0.2) is 0 Å². The molecule has 1 aliphatic rings. The number of hydrogen-bond acceptors (Lipinski definition) is 2. The first-order valence-electron chi connectivity index (χ1n) is 7.10. The molecular weight excluding hydrogens is 212 g/mol. The van der Waals surface area contributed by atoms with Crippen LogP contribution in [0.2, 0.25) is 0 Å². The third kappa shape index (κ3) is 5.53. The molecule has 0 heterocycles. The summed E-state index contributed by atoms with van der Waals surface area (Å²) in [4.78, 5) is 11.7. The molecule has 0 aromatic carbocycles. The lowest BCUT2D eigenvalue weighted by molar-refractivity contribution is -0.121. The molecule has 3 nitrogen and oxygen atoms in total. The van der Waals surface area contributed by atoms with Gasteiger partial charge in [-0.1, -0.05) is 32.6 Å². The van der Waals surface area contributed by atoms with Gasteiger partial charge in [-0.2, -0.15) is 0 Å². The Kier molecular flexibility index (Phi) is 5.96. The minimum Gasteiger partial charge on any atom is -0.353 e. The summed E-state index contributed by atoms with van der Waals surface area (Å²) in [5.41, 5.74) is 0.184. The maximum atomic E-state index is 11.7. The van der Waals surface area contributed by atoms with Crippen LogP contribution in [0.1, 0.15) is 65.7 Å². The molecule has 17 heavy (non-hydrogen) atoms. The van der Waals surface area contributed by atoms with Crippen molar-refractivity contribution in [1.82, 2.24) is 10.6 Å². The van der Waals surface area contributed by atoms with E-state index in [0.717, 1.165) is 12.8 Å². The second kappa shape index (κ2) is 7.00. The van der Waals surface area contributed by atoms with Gasteiger partial charge in [0.05, 0.1) is 6.54 Å². The van der Waals surface area contributed by atoms with Crippen LogP contribution >= 0.6 is 0 Å². The van der Waals surface area contributed by atoms with E-state index < -0.39 is 0 Å². The molecule has 0 aromatic rings. The topological polar surface area (TPSA) is 41.1 Å². The summed E-state index contributed by atoms with van der Waals surface area (Å²) in [5, 5.41) is 6.47. The average molecular weight is 240 g/mol. The first kappa shape index (κ1) is 14.5. The van der Waals surface area contributed by atoms with Crippen LogP contribution in [0.4, 0.5) is 0 Å². The molecule has 1 rings (SSSR count). The van der Waals surface area contributed by atoms with E-state index in [4.69, 9.17) is 0 Å². The highest BCUT2D eigenvalue weighted by Crippen LogP contribution is 2.27. The van der Waals surface area contributed by atoms with Gasteiger partial charge in [0.2, 0.25) is 5.91 Å². The van der Waals surface area contributed by atoms with Crippen molar-refractivity contribution in [3.63, 3.8) is 0 Å². The predicted molar refractivity (Wildman–Crippen MR) is 72.0 cm³/mol. The fourth-order valence-corrected chi connectivity index (χ4v) is 2.63. The van der Waals surface area contributed by atoms with Crippen molar-refractivity contribution in [3.8, 4) is 0 Å². The van der Waals surface area contributed by atoms with Gasteiger partial charge in [-0.05, 0) is 33.1 Å². The second-order valence-corrected chi connectivity index (χ2v) is 5.73. The molecule has 1 atom stereocenters. The summed E-state index contributed by atoms with van der Waals surface area (Å²) >= 11 is 0. The van der Waals surface area contributed by atoms with Crippen molar-refractivity contribution in [2.24, 2.45) is 0 Å². The fourth-order valence-electron chi connectivity index (χ4n) is 2.63. The van der Waals surface area contributed by atoms with Crippen LogP contribution in [0.5, 0.6) is 0 Å². The first-order valence-corrected chi connectivity index (χ1v) is 7.10. The summed E-state index contributed by atoms with van der Waals surface area (Å²) in [6.07, 6.45) is 8.50. The van der Waals surface area contributed by atoms with Crippen LogP contribution in [-0.4, -0.2) is 24.0 Å². The van der Waals surface area contributed by atoms with Gasteiger partial charge in [0.15, 0.2) is 0 Å². The maximum Gasteiger partial charge on any atom is 0.234 e. The molecule has 1 aliphatic carbocycles. The van der Waals surface area contributed by atoms with Crippen molar-refractivity contribution in [2.45, 2.75) is 77.3 Å². The Balaban J connectivity index is 2.22. The number of amides is 1. The molecule has 0 bridgehead atoms. The molecule has 0 saturated heterocycles. The zero-order valence-corrected chi connectivity index (χ0v) is 11.6. The zero-order valence-electron chi connectivity index (χ0n) is 11.6. The number of carbonyl (C=O) groups excluding carboxylic acids is 1. The van der Waals surface area contributed by atoms with Gasteiger partial charge in [-0.3, -0.25) is 4.79 Å². The van der Waals surface area contributed by atoms with Crippen LogP contribution < -0.4 is 10.6 Å². The van der Waals surface area contributed by atoms with Crippen molar-refractivity contribution >= 4 is 5.91 Å². The highest BCUT2D eigenvalue weighted by atomic mass is 16.1. The average Bonchev–Trinajstić information content (AvgIpc) is 2.28. The van der Waals surface area contributed by atoms with E-state index in [9.17, 15) is 4.79 Å². The smallest absolute Gasteiger partial charge is 0.234 e. The summed E-state index contributed by atoms with van der Waals surface area (Å²) in [5.74, 6) is 0.137. The Morgan fingerprint density at radius 1 is 1.29 bits per heavy atom. The van der Waals surface area contributed by atoms with E-state index >= 15 is 0 Å². The molecule has 1 unspecified atom stereocenters. The molecule has 1 fully saturated rings. The number of rotatable bonds is 6. The Morgan fingerprint density at radius 2 is 1.94 bits per heavy atom. The number of carbonyl (C=O) groups is 1. The lowest BCUT2D eigenvalue weighted by atomic mass is 9.83. The summed E-state index contributed by atoms with van der Waals surface area (Å²) in [7, 11) is 0.